The van der Waals surface area contributed by atoms with Crippen LogP contribution in [0.4, 0.5) is 0 Å². The van der Waals surface area contributed by atoms with Crippen LogP contribution >= 0.6 is 0 Å². The first-order chi connectivity index (χ1) is 22.9. The van der Waals surface area contributed by atoms with Crippen LogP contribution in [0.25, 0.3) is 6.08 Å². The van der Waals surface area contributed by atoms with E-state index in [-0.39, 0.29) is 35.4 Å². The maximum absolute atomic E-state index is 13.6. The summed E-state index contributed by atoms with van der Waals surface area (Å²) in [7, 11) is -7.80. The molecule has 276 valence electrons. The van der Waals surface area contributed by atoms with Crippen LogP contribution in [0.2, 0.25) is 0 Å². The van der Waals surface area contributed by atoms with Gasteiger partial charge < -0.3 is 4.90 Å². The third-order valence-electron chi connectivity index (χ3n) is 7.69. The molecule has 14 heteroatoms. The van der Waals surface area contributed by atoms with E-state index in [1.165, 1.54) is 12.1 Å². The zero-order valence-corrected chi connectivity index (χ0v) is 31.5. The number of nitrogens with zero attached hydrogens (tertiary/aromatic N) is 2. The van der Waals surface area contributed by atoms with Crippen LogP contribution in [-0.2, 0) is 29.7 Å². The minimum Gasteiger partial charge on any atom is -0.304 e. The maximum Gasteiger partial charge on any atom is 0.294 e. The predicted octanol–water partition coefficient (Wildman–Crippen LogP) is 5.17. The molecule has 0 aliphatic rings. The molecule has 0 aliphatic carbocycles. The van der Waals surface area contributed by atoms with Crippen molar-refractivity contribution in [3.63, 3.8) is 0 Å². The molecule has 2 amide bonds. The summed E-state index contributed by atoms with van der Waals surface area (Å²) in [6.07, 6.45) is 4.65. The molecule has 0 saturated carbocycles. The number of sulfonamides is 1. The van der Waals surface area contributed by atoms with E-state index in [2.05, 4.69) is 10.3 Å². The number of hydroxylamine groups is 1. The van der Waals surface area contributed by atoms with Gasteiger partial charge in [0.1, 0.15) is 0 Å². The van der Waals surface area contributed by atoms with Gasteiger partial charge in [0.05, 0.1) is 22.5 Å². The van der Waals surface area contributed by atoms with Gasteiger partial charge in [-0.2, -0.15) is 8.42 Å². The Morgan fingerprint density at radius 2 is 1.45 bits per heavy atom. The minimum absolute atomic E-state index is 0.0262. The van der Waals surface area contributed by atoms with Crippen molar-refractivity contribution in [3.8, 4) is 0 Å². The van der Waals surface area contributed by atoms with Gasteiger partial charge >= 0.3 is 0 Å². The topological polar surface area (TPSA) is 173 Å². The van der Waals surface area contributed by atoms with Gasteiger partial charge in [-0.3, -0.25) is 24.8 Å². The number of carbonyl (C=O) groups excluding carboxylic acids is 2. The Labute approximate surface area is 293 Å². The van der Waals surface area contributed by atoms with Gasteiger partial charge in [0.2, 0.25) is 21.8 Å². The molecule has 12 nitrogen and oxygen atoms in total. The van der Waals surface area contributed by atoms with Crippen molar-refractivity contribution in [1.82, 2.24) is 20.2 Å². The number of hydrogen-bond donors (Lipinski definition) is 4. The lowest BCUT2D eigenvalue weighted by Crippen LogP contribution is -2.52. The number of hydrogen-bond acceptors (Lipinski definition) is 8. The lowest BCUT2D eigenvalue weighted by atomic mass is 9.82. The fraction of sp³-hybridized carbons (Fsp3) is 0.543. The second-order valence-corrected chi connectivity index (χ2v) is 16.2. The Morgan fingerprint density at radius 3 is 1.94 bits per heavy atom. The van der Waals surface area contributed by atoms with Crippen LogP contribution in [0.3, 0.4) is 0 Å². The van der Waals surface area contributed by atoms with Crippen LogP contribution in [0.5, 0.6) is 0 Å². The lowest BCUT2D eigenvalue weighted by molar-refractivity contribution is -0.141. The average Bonchev–Trinajstić information content (AvgIpc) is 3.03. The first-order valence-corrected chi connectivity index (χ1v) is 19.7. The van der Waals surface area contributed by atoms with E-state index in [1.807, 2.05) is 84.9 Å². The monoisotopic (exact) mass is 724 g/mol. The Kier molecular flexibility index (Phi) is 19.6. The second-order valence-electron chi connectivity index (χ2n) is 12.8. The highest BCUT2D eigenvalue weighted by atomic mass is 32.2. The third-order valence-corrected chi connectivity index (χ3v) is 10.3. The number of amides is 2. The fourth-order valence-electron chi connectivity index (χ4n) is 5.01. The molecule has 0 bridgehead atoms. The first kappa shape index (κ1) is 43.9. The molecule has 0 fully saturated rings. The number of allylic oxidation sites excluding steroid dienone is 1. The van der Waals surface area contributed by atoms with E-state index in [9.17, 15) is 31.6 Å². The van der Waals surface area contributed by atoms with E-state index < -0.39 is 43.8 Å². The standard InChI is InChI=1S/C28H48N4O5S.C7H8O3S/c1-7-31(8-2)18-13-19-38(36,37)32(21-23(5)6)29-27(33)26(20-22(3)4)25(28(34)30-35)17-12-16-24-14-10-9-11-15-24;1-6-2-4-7(5-3-6)11(8,9)10/h9-12,14-16,22-23,25-26,35H,7-8,13,17-21H2,1-6H3,(H,29,33)(H,30,34);2-5H,1H3,(H,8,9,10)/b16-12+;/t25-,26+;/m0./s1. The smallest absolute Gasteiger partial charge is 0.294 e. The zero-order valence-electron chi connectivity index (χ0n) is 29.9. The summed E-state index contributed by atoms with van der Waals surface area (Å²) in [6, 6.07) is 15.5. The van der Waals surface area contributed by atoms with Crippen molar-refractivity contribution in [2.75, 3.05) is 31.9 Å². The van der Waals surface area contributed by atoms with E-state index >= 15 is 0 Å². The molecule has 2 aromatic carbocycles. The normalized spacial score (nSPS) is 13.4. The maximum atomic E-state index is 13.6. The van der Waals surface area contributed by atoms with Crippen LogP contribution in [0.1, 0.15) is 71.9 Å². The zero-order chi connectivity index (χ0) is 37.2. The van der Waals surface area contributed by atoms with E-state index in [0.717, 1.165) is 28.6 Å². The van der Waals surface area contributed by atoms with Crippen LogP contribution in [0.15, 0.2) is 65.6 Å². The van der Waals surface area contributed by atoms with Gasteiger partial charge in [-0.1, -0.05) is 102 Å². The van der Waals surface area contributed by atoms with Crippen LogP contribution in [0, 0.1) is 30.6 Å². The summed E-state index contributed by atoms with van der Waals surface area (Å²) >= 11 is 0. The number of benzene rings is 2. The quantitative estimate of drug-likeness (QED) is 0.0867. The Morgan fingerprint density at radius 1 is 0.857 bits per heavy atom. The van der Waals surface area contributed by atoms with Gasteiger partial charge in [-0.15, -0.1) is 4.41 Å². The number of nitrogens with one attached hydrogen (secondary N) is 2. The van der Waals surface area contributed by atoms with Crippen molar-refractivity contribution >= 4 is 38.0 Å². The molecule has 2 aromatic rings. The summed E-state index contributed by atoms with van der Waals surface area (Å²) in [5.74, 6) is -3.01. The third kappa shape index (κ3) is 16.9. The van der Waals surface area contributed by atoms with Gasteiger partial charge in [0.15, 0.2) is 0 Å². The summed E-state index contributed by atoms with van der Waals surface area (Å²) in [4.78, 5) is 28.4. The van der Waals surface area contributed by atoms with Crippen molar-refractivity contribution < 1.29 is 36.2 Å². The number of aryl methyl sites for hydroxylation is 1. The molecule has 0 spiro atoms. The molecule has 0 saturated heterocycles. The molecule has 0 radical (unpaired) electrons. The van der Waals surface area contributed by atoms with Gasteiger partial charge in [0, 0.05) is 6.54 Å². The molecule has 0 heterocycles. The summed E-state index contributed by atoms with van der Waals surface area (Å²) in [6.45, 7) is 16.0. The van der Waals surface area contributed by atoms with Gasteiger partial charge in [-0.05, 0) is 75.4 Å². The SMILES string of the molecule is CCN(CC)CCCS(=O)(=O)N(CC(C)C)NC(=O)[C@H](CC(C)C)[C@H](C/C=C/c1ccccc1)C(=O)NO.Cc1ccc(S(=O)(=O)O)cc1. The summed E-state index contributed by atoms with van der Waals surface area (Å²) in [5.41, 5.74) is 6.23. The minimum atomic E-state index is -4.02. The Hall–Kier alpha value is -3.14. The summed E-state index contributed by atoms with van der Waals surface area (Å²) < 4.78 is 57.1. The highest BCUT2D eigenvalue weighted by Crippen LogP contribution is 2.26. The Balaban J connectivity index is 0.000000917. The average molecular weight is 725 g/mol. The largest absolute Gasteiger partial charge is 0.304 e. The highest BCUT2D eigenvalue weighted by Gasteiger charge is 2.36. The second kappa shape index (κ2) is 21.8. The van der Waals surface area contributed by atoms with Crippen molar-refractivity contribution in [2.24, 2.45) is 23.7 Å². The van der Waals surface area contributed by atoms with Crippen molar-refractivity contribution in [2.45, 2.75) is 72.6 Å². The molecule has 4 N–H and O–H groups in total. The molecular weight excluding hydrogens is 669 g/mol. The first-order valence-electron chi connectivity index (χ1n) is 16.7. The molecule has 2 atom stereocenters. The number of rotatable bonds is 19. The molecule has 0 aliphatic heterocycles. The molecule has 0 unspecified atom stereocenters. The van der Waals surface area contributed by atoms with E-state index in [0.29, 0.717) is 19.4 Å². The fourth-order valence-corrected chi connectivity index (χ4v) is 6.96. The number of hydrazine groups is 1. The molecular formula is C35H56N4O8S2. The van der Waals surface area contributed by atoms with Crippen LogP contribution in [-0.4, -0.2) is 79.7 Å². The molecule has 2 rings (SSSR count). The van der Waals surface area contributed by atoms with Crippen molar-refractivity contribution in [3.05, 3.63) is 71.8 Å². The molecule has 49 heavy (non-hydrogen) atoms. The summed E-state index contributed by atoms with van der Waals surface area (Å²) in [5, 5.41) is 9.43. The van der Waals surface area contributed by atoms with E-state index in [1.54, 1.807) is 23.7 Å². The Bertz CT molecular complexity index is 1510. The predicted molar refractivity (Wildman–Crippen MR) is 193 cm³/mol. The molecule has 0 aromatic heterocycles. The van der Waals surface area contributed by atoms with Gasteiger partial charge in [0.25, 0.3) is 10.1 Å². The highest BCUT2D eigenvalue weighted by molar-refractivity contribution is 7.89. The van der Waals surface area contributed by atoms with E-state index in [4.69, 9.17) is 4.55 Å². The van der Waals surface area contributed by atoms with Gasteiger partial charge in [-0.25, -0.2) is 13.9 Å². The van der Waals surface area contributed by atoms with Crippen molar-refractivity contribution in [1.29, 1.82) is 0 Å². The number of carbonyl (C=O) groups is 2. The lowest BCUT2D eigenvalue weighted by Gasteiger charge is -2.30. The van der Waals surface area contributed by atoms with Crippen LogP contribution < -0.4 is 10.9 Å².